The predicted molar refractivity (Wildman–Crippen MR) is 94.7 cm³/mol. The molecule has 1 fully saturated rings. The molecular formula is C18H28N4O2. The number of hydrogen-bond donors (Lipinski definition) is 0. The Morgan fingerprint density at radius 1 is 1.21 bits per heavy atom. The van der Waals surface area contributed by atoms with E-state index >= 15 is 0 Å². The number of carbonyl (C=O) groups is 2. The van der Waals surface area contributed by atoms with Gasteiger partial charge in [0, 0.05) is 45.8 Å². The Morgan fingerprint density at radius 3 is 2.46 bits per heavy atom. The van der Waals surface area contributed by atoms with Crippen LogP contribution in [0.5, 0.6) is 0 Å². The van der Waals surface area contributed by atoms with Crippen molar-refractivity contribution < 1.29 is 9.59 Å². The van der Waals surface area contributed by atoms with Gasteiger partial charge in [0.25, 0.3) is 0 Å². The van der Waals surface area contributed by atoms with Crippen molar-refractivity contribution in [3.63, 3.8) is 0 Å². The van der Waals surface area contributed by atoms with E-state index in [-0.39, 0.29) is 18.4 Å². The van der Waals surface area contributed by atoms with Gasteiger partial charge in [-0.05, 0) is 24.5 Å². The lowest BCUT2D eigenvalue weighted by Crippen LogP contribution is -2.52. The smallest absolute Gasteiger partial charge is 0.242 e. The van der Waals surface area contributed by atoms with Crippen LogP contribution in [0.2, 0.25) is 0 Å². The Hall–Kier alpha value is -2.11. The van der Waals surface area contributed by atoms with Gasteiger partial charge < -0.3 is 14.7 Å². The Kier molecular flexibility index (Phi) is 6.58. The first-order valence-electron chi connectivity index (χ1n) is 8.66. The number of carbonyl (C=O) groups excluding carboxylic acids is 2. The fourth-order valence-electron chi connectivity index (χ4n) is 2.75. The number of pyridine rings is 1. The van der Waals surface area contributed by atoms with Gasteiger partial charge in [-0.15, -0.1) is 0 Å². The molecule has 1 aliphatic rings. The molecule has 0 bridgehead atoms. The highest BCUT2D eigenvalue weighted by Crippen LogP contribution is 2.13. The highest BCUT2D eigenvalue weighted by molar-refractivity contribution is 5.84. The van der Waals surface area contributed by atoms with Crippen LogP contribution in [0.15, 0.2) is 24.4 Å². The first-order chi connectivity index (χ1) is 11.5. The molecule has 2 amide bonds. The lowest BCUT2D eigenvalue weighted by molar-refractivity contribution is -0.139. The normalized spacial score (nSPS) is 14.8. The number of anilines is 1. The van der Waals surface area contributed by atoms with Crippen molar-refractivity contribution in [1.82, 2.24) is 14.8 Å². The van der Waals surface area contributed by atoms with Gasteiger partial charge in [-0.1, -0.05) is 19.9 Å². The van der Waals surface area contributed by atoms with Gasteiger partial charge in [0.2, 0.25) is 11.8 Å². The van der Waals surface area contributed by atoms with Crippen LogP contribution in [0, 0.1) is 5.92 Å². The van der Waals surface area contributed by atoms with Crippen LogP contribution in [0.4, 0.5) is 5.82 Å². The summed E-state index contributed by atoms with van der Waals surface area (Å²) in [5, 5.41) is 0. The van der Waals surface area contributed by atoms with E-state index in [4.69, 9.17) is 0 Å². The molecule has 6 nitrogen and oxygen atoms in total. The summed E-state index contributed by atoms with van der Waals surface area (Å²) < 4.78 is 0. The van der Waals surface area contributed by atoms with E-state index in [9.17, 15) is 9.59 Å². The Labute approximate surface area is 144 Å². The topological polar surface area (TPSA) is 56.8 Å². The largest absolute Gasteiger partial charge is 0.353 e. The highest BCUT2D eigenvalue weighted by Gasteiger charge is 2.24. The summed E-state index contributed by atoms with van der Waals surface area (Å²) >= 11 is 0. The van der Waals surface area contributed by atoms with E-state index in [0.29, 0.717) is 25.6 Å². The van der Waals surface area contributed by atoms with Crippen molar-refractivity contribution in [3.8, 4) is 0 Å². The van der Waals surface area contributed by atoms with Crippen molar-refractivity contribution in [3.05, 3.63) is 24.4 Å². The van der Waals surface area contributed by atoms with Crippen molar-refractivity contribution in [2.45, 2.75) is 27.2 Å². The molecule has 2 rings (SSSR count). The molecule has 6 heteroatoms. The summed E-state index contributed by atoms with van der Waals surface area (Å²) in [5.74, 6) is 1.47. The molecule has 1 aliphatic heterocycles. The highest BCUT2D eigenvalue weighted by atomic mass is 16.2. The number of rotatable bonds is 6. The van der Waals surface area contributed by atoms with Crippen LogP contribution in [0.1, 0.15) is 27.2 Å². The second-order valence-corrected chi connectivity index (χ2v) is 6.68. The fraction of sp³-hybridized carbons (Fsp3) is 0.611. The van der Waals surface area contributed by atoms with E-state index in [1.54, 1.807) is 11.1 Å². The number of amides is 2. The van der Waals surface area contributed by atoms with E-state index in [2.05, 4.69) is 23.7 Å². The second kappa shape index (κ2) is 8.66. The molecular weight excluding hydrogens is 304 g/mol. The third kappa shape index (κ3) is 5.22. The minimum Gasteiger partial charge on any atom is -0.353 e. The molecule has 0 unspecified atom stereocenters. The summed E-state index contributed by atoms with van der Waals surface area (Å²) in [4.78, 5) is 34.3. The summed E-state index contributed by atoms with van der Waals surface area (Å²) in [7, 11) is 0. The third-order valence-electron chi connectivity index (χ3n) is 4.35. The maximum Gasteiger partial charge on any atom is 0.242 e. The molecule has 0 radical (unpaired) electrons. The molecule has 2 heterocycles. The molecule has 132 valence electrons. The molecule has 1 aromatic rings. The van der Waals surface area contributed by atoms with Crippen molar-refractivity contribution in [2.24, 2.45) is 5.92 Å². The van der Waals surface area contributed by atoms with E-state index in [0.717, 1.165) is 25.3 Å². The zero-order valence-electron chi connectivity index (χ0n) is 14.9. The average Bonchev–Trinajstić information content (AvgIpc) is 2.59. The number of aromatic nitrogens is 1. The van der Waals surface area contributed by atoms with Gasteiger partial charge >= 0.3 is 0 Å². The predicted octanol–water partition coefficient (Wildman–Crippen LogP) is 1.62. The molecule has 0 saturated carbocycles. The standard InChI is InChI=1S/C18H28N4O2/c1-15(2)7-9-22(16(3)23)14-18(24)21-12-10-20(11-13-21)17-6-4-5-8-19-17/h4-6,8,15H,7,9-14H2,1-3H3. The van der Waals surface area contributed by atoms with Gasteiger partial charge in [-0.2, -0.15) is 0 Å². The van der Waals surface area contributed by atoms with Gasteiger partial charge in [-0.25, -0.2) is 4.98 Å². The monoisotopic (exact) mass is 332 g/mol. The zero-order valence-corrected chi connectivity index (χ0v) is 14.9. The van der Waals surface area contributed by atoms with Crippen LogP contribution >= 0.6 is 0 Å². The molecule has 0 aliphatic carbocycles. The fourth-order valence-corrected chi connectivity index (χ4v) is 2.75. The first-order valence-corrected chi connectivity index (χ1v) is 8.66. The Bertz CT molecular complexity index is 539. The minimum absolute atomic E-state index is 0.0314. The minimum atomic E-state index is -0.0314. The summed E-state index contributed by atoms with van der Waals surface area (Å²) in [6.07, 6.45) is 2.70. The first kappa shape index (κ1) is 18.2. The van der Waals surface area contributed by atoms with Crippen molar-refractivity contribution in [1.29, 1.82) is 0 Å². The van der Waals surface area contributed by atoms with Crippen molar-refractivity contribution in [2.75, 3.05) is 44.2 Å². The molecule has 24 heavy (non-hydrogen) atoms. The van der Waals surface area contributed by atoms with Gasteiger partial charge in [0.15, 0.2) is 0 Å². The van der Waals surface area contributed by atoms with Crippen LogP contribution in [0.3, 0.4) is 0 Å². The Morgan fingerprint density at radius 2 is 1.92 bits per heavy atom. The Balaban J connectivity index is 1.84. The van der Waals surface area contributed by atoms with Gasteiger partial charge in [0.1, 0.15) is 5.82 Å². The maximum absolute atomic E-state index is 12.5. The molecule has 0 spiro atoms. The van der Waals surface area contributed by atoms with Gasteiger partial charge in [0.05, 0.1) is 6.54 Å². The SMILES string of the molecule is CC(=O)N(CCC(C)C)CC(=O)N1CCN(c2ccccn2)CC1. The third-order valence-corrected chi connectivity index (χ3v) is 4.35. The lowest BCUT2D eigenvalue weighted by atomic mass is 10.1. The number of nitrogens with zero attached hydrogens (tertiary/aromatic N) is 4. The zero-order chi connectivity index (χ0) is 17.5. The summed E-state index contributed by atoms with van der Waals surface area (Å²) in [5.41, 5.74) is 0. The van der Waals surface area contributed by atoms with Crippen LogP contribution in [0.25, 0.3) is 0 Å². The molecule has 0 atom stereocenters. The van der Waals surface area contributed by atoms with E-state index in [1.165, 1.54) is 6.92 Å². The summed E-state index contributed by atoms with van der Waals surface area (Å²) in [6, 6.07) is 5.86. The quantitative estimate of drug-likeness (QED) is 0.794. The van der Waals surface area contributed by atoms with Gasteiger partial charge in [-0.3, -0.25) is 9.59 Å². The molecule has 1 saturated heterocycles. The molecule has 0 aromatic carbocycles. The average molecular weight is 332 g/mol. The molecule has 1 aromatic heterocycles. The summed E-state index contributed by atoms with van der Waals surface area (Å²) in [6.45, 7) is 9.50. The van der Waals surface area contributed by atoms with Crippen LogP contribution in [-0.4, -0.2) is 65.9 Å². The number of hydrogen-bond acceptors (Lipinski definition) is 4. The maximum atomic E-state index is 12.5. The molecule has 0 N–H and O–H groups in total. The van der Waals surface area contributed by atoms with Crippen LogP contribution in [-0.2, 0) is 9.59 Å². The van der Waals surface area contributed by atoms with E-state index in [1.807, 2.05) is 23.1 Å². The lowest BCUT2D eigenvalue weighted by Gasteiger charge is -2.36. The van der Waals surface area contributed by atoms with E-state index < -0.39 is 0 Å². The second-order valence-electron chi connectivity index (χ2n) is 6.68. The van der Waals surface area contributed by atoms with Crippen molar-refractivity contribution >= 4 is 17.6 Å². The van der Waals surface area contributed by atoms with Crippen LogP contribution < -0.4 is 4.90 Å². The number of piperazine rings is 1.